The fourth-order valence-electron chi connectivity index (χ4n) is 3.17. The molecule has 3 aromatic rings. The number of hydrogen-bond acceptors (Lipinski definition) is 5. The number of nitro benzene ring substituents is 1. The van der Waals surface area contributed by atoms with Crippen LogP contribution in [0, 0.1) is 10.1 Å². The molecule has 1 aliphatic rings. The molecule has 1 aliphatic heterocycles. The highest BCUT2D eigenvalue weighted by atomic mass is 16.6. The van der Waals surface area contributed by atoms with Gasteiger partial charge in [0, 0.05) is 29.1 Å². The summed E-state index contributed by atoms with van der Waals surface area (Å²) in [4.78, 5) is 25.4. The van der Waals surface area contributed by atoms with Gasteiger partial charge in [-0.1, -0.05) is 24.3 Å². The van der Waals surface area contributed by atoms with Crippen LogP contribution in [0.25, 0.3) is 0 Å². The number of para-hydroxylation sites is 1. The number of phenols is 1. The first-order valence-corrected chi connectivity index (χ1v) is 8.27. The maximum atomic E-state index is 13.2. The summed E-state index contributed by atoms with van der Waals surface area (Å²) < 4.78 is 0. The Bertz CT molecular complexity index is 1030. The van der Waals surface area contributed by atoms with Gasteiger partial charge in [0.1, 0.15) is 11.9 Å². The van der Waals surface area contributed by atoms with E-state index < -0.39 is 11.1 Å². The van der Waals surface area contributed by atoms with E-state index in [1.165, 1.54) is 29.2 Å². The summed E-state index contributed by atoms with van der Waals surface area (Å²) >= 11 is 0. The number of rotatable bonds is 3. The maximum absolute atomic E-state index is 13.2. The smallest absolute Gasteiger partial charge is 0.269 e. The molecule has 1 atom stereocenters. The zero-order chi connectivity index (χ0) is 19.0. The third-order valence-electron chi connectivity index (χ3n) is 4.45. The molecule has 2 N–H and O–H groups in total. The highest BCUT2D eigenvalue weighted by molar-refractivity contribution is 6.12. The number of aromatic hydroxyl groups is 1. The van der Waals surface area contributed by atoms with E-state index in [4.69, 9.17) is 0 Å². The molecule has 1 heterocycles. The molecule has 4 rings (SSSR count). The lowest BCUT2D eigenvalue weighted by atomic mass is 10.0. The van der Waals surface area contributed by atoms with Gasteiger partial charge in [0.25, 0.3) is 11.6 Å². The number of nitro groups is 1. The molecular formula is C20H15N3O4. The summed E-state index contributed by atoms with van der Waals surface area (Å²) in [6, 6.07) is 19.6. The molecule has 0 radical (unpaired) electrons. The summed E-state index contributed by atoms with van der Waals surface area (Å²) in [5.74, 6) is -0.144. The fourth-order valence-corrected chi connectivity index (χ4v) is 3.17. The maximum Gasteiger partial charge on any atom is 0.269 e. The van der Waals surface area contributed by atoms with Gasteiger partial charge in [0.15, 0.2) is 0 Å². The van der Waals surface area contributed by atoms with Crippen LogP contribution in [0.5, 0.6) is 5.75 Å². The second kappa shape index (κ2) is 6.45. The third kappa shape index (κ3) is 2.95. The standard InChI is InChI=1S/C20H15N3O4/c24-16-10-8-14(9-11-16)22-19(13-4-3-5-15(12-13)23(26)27)21-18-7-2-1-6-17(18)20(22)25/h1-12,19,21,24H/t19-/m0/s1. The highest BCUT2D eigenvalue weighted by Gasteiger charge is 2.34. The Balaban J connectivity index is 1.86. The van der Waals surface area contributed by atoms with Crippen LogP contribution in [0.1, 0.15) is 22.1 Å². The van der Waals surface area contributed by atoms with E-state index in [9.17, 15) is 20.0 Å². The van der Waals surface area contributed by atoms with Gasteiger partial charge in [-0.25, -0.2) is 0 Å². The molecule has 1 amide bonds. The number of nitrogens with zero attached hydrogens (tertiary/aromatic N) is 2. The number of carbonyl (C=O) groups is 1. The first-order chi connectivity index (χ1) is 13.0. The van der Waals surface area contributed by atoms with Gasteiger partial charge in [0.2, 0.25) is 0 Å². The van der Waals surface area contributed by atoms with Crippen LogP contribution in [0.4, 0.5) is 17.1 Å². The van der Waals surface area contributed by atoms with Crippen molar-refractivity contribution in [3.05, 3.63) is 94.0 Å². The van der Waals surface area contributed by atoms with Crippen molar-refractivity contribution in [3.63, 3.8) is 0 Å². The number of amides is 1. The topological polar surface area (TPSA) is 95.7 Å². The summed E-state index contributed by atoms with van der Waals surface area (Å²) in [7, 11) is 0. The Morgan fingerprint density at radius 2 is 1.74 bits per heavy atom. The molecule has 0 spiro atoms. The Morgan fingerprint density at radius 1 is 1.00 bits per heavy atom. The monoisotopic (exact) mass is 361 g/mol. The van der Waals surface area contributed by atoms with Gasteiger partial charge < -0.3 is 10.4 Å². The van der Waals surface area contributed by atoms with Crippen molar-refractivity contribution in [1.29, 1.82) is 0 Å². The van der Waals surface area contributed by atoms with Gasteiger partial charge in [-0.3, -0.25) is 19.8 Å². The van der Waals surface area contributed by atoms with E-state index in [0.29, 0.717) is 22.5 Å². The van der Waals surface area contributed by atoms with Gasteiger partial charge >= 0.3 is 0 Å². The lowest BCUT2D eigenvalue weighted by Crippen LogP contribution is -2.43. The van der Waals surface area contributed by atoms with Crippen LogP contribution in [-0.2, 0) is 0 Å². The molecule has 0 saturated carbocycles. The number of carbonyl (C=O) groups excluding carboxylic acids is 1. The average Bonchev–Trinajstić information content (AvgIpc) is 2.69. The number of anilines is 2. The van der Waals surface area contributed by atoms with Crippen molar-refractivity contribution in [2.75, 3.05) is 10.2 Å². The molecule has 27 heavy (non-hydrogen) atoms. The van der Waals surface area contributed by atoms with Crippen molar-refractivity contribution in [1.82, 2.24) is 0 Å². The normalized spacial score (nSPS) is 15.8. The van der Waals surface area contributed by atoms with Crippen molar-refractivity contribution in [2.24, 2.45) is 0 Å². The molecule has 0 unspecified atom stereocenters. The number of hydrogen-bond donors (Lipinski definition) is 2. The predicted octanol–water partition coefficient (Wildman–Crippen LogP) is 4.07. The molecule has 7 nitrogen and oxygen atoms in total. The van der Waals surface area contributed by atoms with Crippen LogP contribution in [0.3, 0.4) is 0 Å². The summed E-state index contributed by atoms with van der Waals surface area (Å²) in [5.41, 5.74) is 2.27. The quantitative estimate of drug-likeness (QED) is 0.541. The minimum absolute atomic E-state index is 0.0498. The van der Waals surface area contributed by atoms with Gasteiger partial charge in [-0.2, -0.15) is 0 Å². The van der Waals surface area contributed by atoms with Crippen LogP contribution in [0.2, 0.25) is 0 Å². The van der Waals surface area contributed by atoms with Crippen LogP contribution < -0.4 is 10.2 Å². The SMILES string of the molecule is O=C1c2ccccc2N[C@H](c2cccc([N+](=O)[O-])c2)N1c1ccc(O)cc1. The number of non-ortho nitro benzene ring substituents is 1. The van der Waals surface area contributed by atoms with Crippen molar-refractivity contribution in [3.8, 4) is 5.75 Å². The lowest BCUT2D eigenvalue weighted by molar-refractivity contribution is -0.384. The summed E-state index contributed by atoms with van der Waals surface area (Å²) in [6.07, 6.45) is -0.628. The second-order valence-corrected chi connectivity index (χ2v) is 6.14. The van der Waals surface area contributed by atoms with E-state index in [1.807, 2.05) is 6.07 Å². The minimum atomic E-state index is -0.628. The van der Waals surface area contributed by atoms with Crippen molar-refractivity contribution >= 4 is 23.0 Å². The van der Waals surface area contributed by atoms with Gasteiger partial charge in [-0.05, 0) is 36.4 Å². The first kappa shape index (κ1) is 16.6. The molecular weight excluding hydrogens is 346 g/mol. The molecule has 0 aliphatic carbocycles. The van der Waals surface area contributed by atoms with Gasteiger partial charge in [0.05, 0.1) is 10.5 Å². The van der Waals surface area contributed by atoms with Crippen LogP contribution in [0.15, 0.2) is 72.8 Å². The Kier molecular flexibility index (Phi) is 3.97. The molecule has 134 valence electrons. The molecule has 7 heteroatoms. The summed E-state index contributed by atoms with van der Waals surface area (Å²) in [5, 5.41) is 24.0. The Morgan fingerprint density at radius 3 is 2.48 bits per heavy atom. The number of fused-ring (bicyclic) bond motifs is 1. The lowest BCUT2D eigenvalue weighted by Gasteiger charge is -2.38. The average molecular weight is 361 g/mol. The molecule has 0 aromatic heterocycles. The highest BCUT2D eigenvalue weighted by Crippen LogP contribution is 2.37. The van der Waals surface area contributed by atoms with E-state index in [0.717, 1.165) is 0 Å². The third-order valence-corrected chi connectivity index (χ3v) is 4.45. The number of nitrogens with one attached hydrogen (secondary N) is 1. The Hall–Kier alpha value is -3.87. The minimum Gasteiger partial charge on any atom is -0.508 e. The van der Waals surface area contributed by atoms with E-state index in [2.05, 4.69) is 5.32 Å². The van der Waals surface area contributed by atoms with Crippen LogP contribution in [-0.4, -0.2) is 15.9 Å². The summed E-state index contributed by atoms with van der Waals surface area (Å²) in [6.45, 7) is 0. The van der Waals surface area contributed by atoms with E-state index >= 15 is 0 Å². The van der Waals surface area contributed by atoms with Crippen LogP contribution >= 0.6 is 0 Å². The first-order valence-electron chi connectivity index (χ1n) is 8.27. The van der Waals surface area contributed by atoms with Crippen molar-refractivity contribution in [2.45, 2.75) is 6.17 Å². The largest absolute Gasteiger partial charge is 0.508 e. The Labute approximate surface area is 154 Å². The van der Waals surface area contributed by atoms with E-state index in [-0.39, 0.29) is 17.3 Å². The fraction of sp³-hybridized carbons (Fsp3) is 0.0500. The zero-order valence-electron chi connectivity index (χ0n) is 14.1. The van der Waals surface area contributed by atoms with Crippen molar-refractivity contribution < 1.29 is 14.8 Å². The molecule has 0 fully saturated rings. The molecule has 0 saturated heterocycles. The predicted molar refractivity (Wildman–Crippen MR) is 101 cm³/mol. The molecule has 3 aromatic carbocycles. The second-order valence-electron chi connectivity index (χ2n) is 6.14. The molecule has 0 bridgehead atoms. The van der Waals surface area contributed by atoms with Gasteiger partial charge in [-0.15, -0.1) is 0 Å². The van der Waals surface area contributed by atoms with E-state index in [1.54, 1.807) is 42.5 Å². The zero-order valence-corrected chi connectivity index (χ0v) is 14.1. The number of benzene rings is 3. The number of phenolic OH excluding ortho intramolecular Hbond substituents is 1.